The maximum atomic E-state index is 10.5. The highest BCUT2D eigenvalue weighted by atomic mass is 32.2. The van der Waals surface area contributed by atoms with Crippen LogP contribution in [0.25, 0.3) is 0 Å². The second-order valence-electron chi connectivity index (χ2n) is 4.34. The van der Waals surface area contributed by atoms with Crippen LogP contribution in [0.2, 0.25) is 0 Å². The molecule has 1 nitrogen and oxygen atoms in total. The summed E-state index contributed by atoms with van der Waals surface area (Å²) in [6, 6.07) is 8.68. The Morgan fingerprint density at radius 3 is 2.29 bits per heavy atom. The van der Waals surface area contributed by atoms with Crippen molar-refractivity contribution in [3.63, 3.8) is 0 Å². The van der Waals surface area contributed by atoms with Gasteiger partial charge in [0, 0.05) is 15.7 Å². The lowest BCUT2D eigenvalue weighted by atomic mass is 9.96. The second-order valence-corrected chi connectivity index (χ2v) is 5.71. The summed E-state index contributed by atoms with van der Waals surface area (Å²) in [5.74, 6) is 2.05. The van der Waals surface area contributed by atoms with E-state index in [2.05, 4.69) is 37.1 Å². The first-order valence-corrected chi connectivity index (χ1v) is 6.62. The molecule has 0 saturated heterocycles. The molecule has 0 spiro atoms. The lowest BCUT2D eigenvalue weighted by Gasteiger charge is -2.21. The highest BCUT2D eigenvalue weighted by molar-refractivity contribution is 8.00. The summed E-state index contributed by atoms with van der Waals surface area (Å²) in [5.41, 5.74) is 2.28. The number of benzene rings is 1. The highest BCUT2D eigenvalue weighted by Gasteiger charge is 2.17. The molecule has 1 aliphatic carbocycles. The molecule has 0 bridgehead atoms. The molecule has 17 heavy (non-hydrogen) atoms. The quantitative estimate of drug-likeness (QED) is 0.720. The number of rotatable bonds is 2. The topological polar surface area (TPSA) is 17.1 Å². The number of hydrogen-bond donors (Lipinski definition) is 0. The van der Waals surface area contributed by atoms with E-state index in [0.717, 1.165) is 31.3 Å². The molecule has 0 aromatic heterocycles. The fraction of sp³-hybridized carbons (Fsp3) is 0.467. The van der Waals surface area contributed by atoms with Crippen molar-refractivity contribution in [1.82, 2.24) is 0 Å². The Labute approximate surface area is 108 Å². The van der Waals surface area contributed by atoms with Crippen molar-refractivity contribution in [2.24, 2.45) is 0 Å². The molecule has 0 heterocycles. The third-order valence-corrected chi connectivity index (χ3v) is 4.35. The fourth-order valence-corrected chi connectivity index (χ4v) is 3.12. The molecule has 1 fully saturated rings. The maximum absolute atomic E-state index is 10.5. The van der Waals surface area contributed by atoms with Crippen LogP contribution < -0.4 is 0 Å². The summed E-state index contributed by atoms with van der Waals surface area (Å²) in [7, 11) is 0. The SMILES string of the molecule is C.Cc1ccc(SC2CCC(=C=O)CC2)cc1. The van der Waals surface area contributed by atoms with Gasteiger partial charge < -0.3 is 0 Å². The van der Waals surface area contributed by atoms with Gasteiger partial charge in [0.2, 0.25) is 0 Å². The minimum absolute atomic E-state index is 0. The van der Waals surface area contributed by atoms with Gasteiger partial charge in [-0.25, -0.2) is 4.79 Å². The summed E-state index contributed by atoms with van der Waals surface area (Å²) < 4.78 is 0. The number of thioether (sulfide) groups is 1. The lowest BCUT2D eigenvalue weighted by molar-refractivity contribution is 0.555. The highest BCUT2D eigenvalue weighted by Crippen LogP contribution is 2.34. The van der Waals surface area contributed by atoms with Crippen LogP contribution in [0.1, 0.15) is 38.7 Å². The van der Waals surface area contributed by atoms with E-state index < -0.39 is 0 Å². The van der Waals surface area contributed by atoms with Crippen molar-refractivity contribution in [2.75, 3.05) is 0 Å². The molecular weight excluding hydrogens is 228 g/mol. The maximum Gasteiger partial charge on any atom is 0.123 e. The first kappa shape index (κ1) is 14.1. The third-order valence-electron chi connectivity index (χ3n) is 3.00. The van der Waals surface area contributed by atoms with E-state index >= 15 is 0 Å². The normalized spacial score (nSPS) is 19.4. The lowest BCUT2D eigenvalue weighted by Crippen LogP contribution is -2.10. The molecule has 2 heteroatoms. The Kier molecular flexibility index (Phi) is 5.54. The van der Waals surface area contributed by atoms with Gasteiger partial charge in [-0.1, -0.05) is 25.1 Å². The Hall–Kier alpha value is -0.980. The van der Waals surface area contributed by atoms with Gasteiger partial charge in [-0.3, -0.25) is 0 Å². The molecule has 1 aromatic carbocycles. The van der Waals surface area contributed by atoms with Gasteiger partial charge in [0.15, 0.2) is 0 Å². The van der Waals surface area contributed by atoms with E-state index in [-0.39, 0.29) is 7.43 Å². The van der Waals surface area contributed by atoms with Crippen molar-refractivity contribution in [2.45, 2.75) is 50.2 Å². The zero-order chi connectivity index (χ0) is 11.4. The predicted octanol–water partition coefficient (Wildman–Crippen LogP) is 4.42. The van der Waals surface area contributed by atoms with E-state index in [1.165, 1.54) is 10.5 Å². The third kappa shape index (κ3) is 4.07. The van der Waals surface area contributed by atoms with Gasteiger partial charge in [-0.15, -0.1) is 11.8 Å². The predicted molar refractivity (Wildman–Crippen MR) is 75.2 cm³/mol. The van der Waals surface area contributed by atoms with Crippen LogP contribution in [0.15, 0.2) is 34.7 Å². The standard InChI is InChI=1S/C14H16OS.CH4/c1-11-2-6-13(7-3-11)16-14-8-4-12(10-15)5-9-14;/h2-3,6-7,14H,4-5,8-9H2,1H3;1H4. The molecule has 1 saturated carbocycles. The van der Waals surface area contributed by atoms with E-state index in [1.54, 1.807) is 0 Å². The molecule has 0 aliphatic heterocycles. The fourth-order valence-electron chi connectivity index (χ4n) is 1.97. The molecule has 0 radical (unpaired) electrons. The van der Waals surface area contributed by atoms with E-state index in [4.69, 9.17) is 0 Å². The first-order valence-electron chi connectivity index (χ1n) is 5.74. The van der Waals surface area contributed by atoms with Crippen LogP contribution >= 0.6 is 11.8 Å². The average Bonchev–Trinajstić information content (AvgIpc) is 2.33. The number of allylic oxidation sites excluding steroid dienone is 1. The Morgan fingerprint density at radius 1 is 1.18 bits per heavy atom. The smallest absolute Gasteiger partial charge is 0.123 e. The van der Waals surface area contributed by atoms with Crippen LogP contribution in [0.4, 0.5) is 0 Å². The van der Waals surface area contributed by atoms with Crippen LogP contribution in [0, 0.1) is 6.92 Å². The summed E-state index contributed by atoms with van der Waals surface area (Å²) in [6.45, 7) is 2.11. The zero-order valence-electron chi connectivity index (χ0n) is 9.53. The van der Waals surface area contributed by atoms with Crippen molar-refractivity contribution in [1.29, 1.82) is 0 Å². The monoisotopic (exact) mass is 248 g/mol. The number of hydrogen-bond acceptors (Lipinski definition) is 2. The number of carbonyl (C=O) groups excluding carboxylic acids is 1. The average molecular weight is 248 g/mol. The summed E-state index contributed by atoms with van der Waals surface area (Å²) in [6.07, 6.45) is 4.10. The molecule has 0 unspecified atom stereocenters. The van der Waals surface area contributed by atoms with Crippen molar-refractivity contribution < 1.29 is 4.79 Å². The van der Waals surface area contributed by atoms with Crippen molar-refractivity contribution in [3.8, 4) is 0 Å². The van der Waals surface area contributed by atoms with E-state index in [1.807, 2.05) is 11.8 Å². The van der Waals surface area contributed by atoms with Crippen LogP contribution in [-0.4, -0.2) is 11.2 Å². The summed E-state index contributed by atoms with van der Waals surface area (Å²) >= 11 is 1.94. The molecule has 2 rings (SSSR count). The number of aryl methyl sites for hydroxylation is 1. The Balaban J connectivity index is 0.00000144. The summed E-state index contributed by atoms with van der Waals surface area (Å²) in [5, 5.41) is 0.666. The minimum atomic E-state index is 0. The molecule has 0 atom stereocenters. The van der Waals surface area contributed by atoms with E-state index in [9.17, 15) is 4.79 Å². The molecular formula is C15H20OS. The van der Waals surface area contributed by atoms with Gasteiger partial charge in [0.1, 0.15) is 5.94 Å². The van der Waals surface area contributed by atoms with Gasteiger partial charge in [-0.2, -0.15) is 0 Å². The molecule has 1 aliphatic rings. The van der Waals surface area contributed by atoms with Crippen LogP contribution in [0.3, 0.4) is 0 Å². The van der Waals surface area contributed by atoms with Gasteiger partial charge >= 0.3 is 0 Å². The van der Waals surface area contributed by atoms with Crippen molar-refractivity contribution >= 4 is 17.7 Å². The Morgan fingerprint density at radius 2 is 1.76 bits per heavy atom. The van der Waals surface area contributed by atoms with Gasteiger partial charge in [-0.05, 0) is 44.7 Å². The first-order chi connectivity index (χ1) is 7.78. The summed E-state index contributed by atoms with van der Waals surface area (Å²) in [4.78, 5) is 11.8. The van der Waals surface area contributed by atoms with Crippen LogP contribution in [0.5, 0.6) is 0 Å². The van der Waals surface area contributed by atoms with Crippen LogP contribution in [-0.2, 0) is 4.79 Å². The van der Waals surface area contributed by atoms with Crippen molar-refractivity contribution in [3.05, 3.63) is 35.4 Å². The second kappa shape index (κ2) is 6.68. The Bertz CT molecular complexity index is 391. The van der Waals surface area contributed by atoms with E-state index in [0.29, 0.717) is 5.25 Å². The minimum Gasteiger partial charge on any atom is -0.234 e. The van der Waals surface area contributed by atoms with Gasteiger partial charge in [0.25, 0.3) is 0 Å². The molecule has 0 N–H and O–H groups in total. The zero-order valence-corrected chi connectivity index (χ0v) is 10.3. The molecule has 1 aromatic rings. The molecule has 0 amide bonds. The molecule has 92 valence electrons. The van der Waals surface area contributed by atoms with Gasteiger partial charge in [0.05, 0.1) is 0 Å². The largest absolute Gasteiger partial charge is 0.234 e.